The van der Waals surface area contributed by atoms with Crippen LogP contribution in [0.5, 0.6) is 0 Å². The molecule has 0 amide bonds. The molecule has 0 saturated heterocycles. The van der Waals surface area contributed by atoms with E-state index in [0.29, 0.717) is 6.54 Å². The van der Waals surface area contributed by atoms with E-state index in [1.54, 1.807) is 11.3 Å². The second-order valence-corrected chi connectivity index (χ2v) is 4.85. The lowest BCUT2D eigenvalue weighted by molar-refractivity contribution is 0.369. The molecule has 0 saturated carbocycles. The Hall–Kier alpha value is -1.20. The van der Waals surface area contributed by atoms with E-state index >= 15 is 0 Å². The molecule has 92 valence electrons. The Morgan fingerprint density at radius 1 is 1.41 bits per heavy atom. The number of aromatic nitrogens is 2. The van der Waals surface area contributed by atoms with Crippen LogP contribution < -0.4 is 5.32 Å². The molecule has 0 aliphatic heterocycles. The first-order valence-electron chi connectivity index (χ1n) is 5.93. The first kappa shape index (κ1) is 12.3. The van der Waals surface area contributed by atoms with E-state index in [-0.39, 0.29) is 0 Å². The minimum atomic E-state index is 0.685. The molecule has 5 heteroatoms. The van der Waals surface area contributed by atoms with Gasteiger partial charge in [0, 0.05) is 11.3 Å². The number of hydrogen-bond acceptors (Lipinski definition) is 5. The van der Waals surface area contributed by atoms with Crippen LogP contribution in [0.15, 0.2) is 22.0 Å². The molecule has 4 nitrogen and oxygen atoms in total. The summed E-state index contributed by atoms with van der Waals surface area (Å²) in [6, 6.07) is 4.25. The van der Waals surface area contributed by atoms with Crippen molar-refractivity contribution in [1.82, 2.24) is 15.5 Å². The van der Waals surface area contributed by atoms with Crippen molar-refractivity contribution in [3.8, 4) is 0 Å². The van der Waals surface area contributed by atoms with Crippen molar-refractivity contribution in [3.05, 3.63) is 34.1 Å². The molecule has 0 unspecified atom stereocenters. The lowest BCUT2D eigenvalue weighted by atomic mass is 10.2. The maximum Gasteiger partial charge on any atom is 0.226 e. The second-order valence-electron chi connectivity index (χ2n) is 3.82. The van der Waals surface area contributed by atoms with Crippen LogP contribution in [-0.2, 0) is 19.4 Å². The molecule has 0 radical (unpaired) electrons. The molecule has 2 aromatic rings. The van der Waals surface area contributed by atoms with E-state index in [1.165, 1.54) is 4.88 Å². The molecule has 2 rings (SSSR count). The zero-order valence-corrected chi connectivity index (χ0v) is 10.8. The SMILES string of the molecule is CCNCc1noc(CCCc2cccs2)n1. The van der Waals surface area contributed by atoms with E-state index in [2.05, 4.69) is 39.9 Å². The Labute approximate surface area is 105 Å². The van der Waals surface area contributed by atoms with Gasteiger partial charge in [0.05, 0.1) is 6.54 Å². The lowest BCUT2D eigenvalue weighted by Crippen LogP contribution is -2.12. The predicted molar refractivity (Wildman–Crippen MR) is 68.0 cm³/mol. The molecular formula is C12H17N3OS. The highest BCUT2D eigenvalue weighted by Gasteiger charge is 2.05. The maximum absolute atomic E-state index is 5.18. The third-order valence-electron chi connectivity index (χ3n) is 2.44. The van der Waals surface area contributed by atoms with E-state index in [1.807, 2.05) is 0 Å². The van der Waals surface area contributed by atoms with Crippen LogP contribution in [0.4, 0.5) is 0 Å². The highest BCUT2D eigenvalue weighted by molar-refractivity contribution is 7.09. The van der Waals surface area contributed by atoms with Gasteiger partial charge in [-0.1, -0.05) is 18.1 Å². The van der Waals surface area contributed by atoms with E-state index in [4.69, 9.17) is 4.52 Å². The van der Waals surface area contributed by atoms with Gasteiger partial charge in [-0.15, -0.1) is 11.3 Å². The molecule has 0 aliphatic carbocycles. The summed E-state index contributed by atoms with van der Waals surface area (Å²) in [5, 5.41) is 9.20. The van der Waals surface area contributed by atoms with Crippen molar-refractivity contribution < 1.29 is 4.52 Å². The molecule has 0 spiro atoms. The topological polar surface area (TPSA) is 51.0 Å². The summed E-state index contributed by atoms with van der Waals surface area (Å²) in [4.78, 5) is 5.74. The Kier molecular flexibility index (Phi) is 4.70. The monoisotopic (exact) mass is 251 g/mol. The zero-order chi connectivity index (χ0) is 11.9. The van der Waals surface area contributed by atoms with Crippen molar-refractivity contribution in [1.29, 1.82) is 0 Å². The predicted octanol–water partition coefficient (Wildman–Crippen LogP) is 2.42. The van der Waals surface area contributed by atoms with Gasteiger partial charge in [-0.25, -0.2) is 0 Å². The number of hydrogen-bond donors (Lipinski definition) is 1. The van der Waals surface area contributed by atoms with Crippen LogP contribution in [0.1, 0.15) is 29.9 Å². The molecule has 0 aliphatic rings. The van der Waals surface area contributed by atoms with Crippen LogP contribution in [0.3, 0.4) is 0 Å². The molecule has 0 fully saturated rings. The standard InChI is InChI=1S/C12H17N3OS/c1-2-13-9-11-14-12(16-15-11)7-3-5-10-6-4-8-17-10/h4,6,8,13H,2-3,5,7,9H2,1H3. The minimum absolute atomic E-state index is 0.685. The number of nitrogens with one attached hydrogen (secondary N) is 1. The van der Waals surface area contributed by atoms with Crippen molar-refractivity contribution in [2.24, 2.45) is 0 Å². The molecule has 0 atom stereocenters. The van der Waals surface area contributed by atoms with Gasteiger partial charge in [0.1, 0.15) is 0 Å². The van der Waals surface area contributed by atoms with Gasteiger partial charge < -0.3 is 9.84 Å². The molecule has 2 heterocycles. The summed E-state index contributed by atoms with van der Waals surface area (Å²) < 4.78 is 5.18. The quantitative estimate of drug-likeness (QED) is 0.821. The fourth-order valence-electron chi connectivity index (χ4n) is 1.57. The average Bonchev–Trinajstić information content (AvgIpc) is 2.98. The number of aryl methyl sites for hydroxylation is 2. The highest BCUT2D eigenvalue weighted by atomic mass is 32.1. The Bertz CT molecular complexity index is 425. The van der Waals surface area contributed by atoms with Gasteiger partial charge >= 0.3 is 0 Å². The van der Waals surface area contributed by atoms with E-state index < -0.39 is 0 Å². The first-order valence-corrected chi connectivity index (χ1v) is 6.81. The molecule has 2 aromatic heterocycles. The Morgan fingerprint density at radius 3 is 3.12 bits per heavy atom. The zero-order valence-electron chi connectivity index (χ0n) is 9.98. The van der Waals surface area contributed by atoms with Crippen LogP contribution in [0.25, 0.3) is 0 Å². The molecule has 1 N–H and O–H groups in total. The second kappa shape index (κ2) is 6.51. The summed E-state index contributed by atoms with van der Waals surface area (Å²) in [7, 11) is 0. The Morgan fingerprint density at radius 2 is 2.35 bits per heavy atom. The summed E-state index contributed by atoms with van der Waals surface area (Å²) in [6.07, 6.45) is 3.00. The van der Waals surface area contributed by atoms with Gasteiger partial charge in [0.25, 0.3) is 0 Å². The Balaban J connectivity index is 1.73. The van der Waals surface area contributed by atoms with Crippen LogP contribution in [-0.4, -0.2) is 16.7 Å². The fourth-order valence-corrected chi connectivity index (χ4v) is 2.32. The largest absolute Gasteiger partial charge is 0.339 e. The third-order valence-corrected chi connectivity index (χ3v) is 3.37. The van der Waals surface area contributed by atoms with Crippen LogP contribution in [0, 0.1) is 0 Å². The molecular weight excluding hydrogens is 234 g/mol. The summed E-state index contributed by atoms with van der Waals surface area (Å²) in [6.45, 7) is 3.66. The van der Waals surface area contributed by atoms with Gasteiger partial charge in [-0.05, 0) is 30.8 Å². The van der Waals surface area contributed by atoms with Gasteiger partial charge in [-0.2, -0.15) is 4.98 Å². The van der Waals surface area contributed by atoms with Gasteiger partial charge in [0.15, 0.2) is 5.82 Å². The highest BCUT2D eigenvalue weighted by Crippen LogP contribution is 2.12. The average molecular weight is 251 g/mol. The van der Waals surface area contributed by atoms with Crippen molar-refractivity contribution in [3.63, 3.8) is 0 Å². The van der Waals surface area contributed by atoms with Crippen molar-refractivity contribution >= 4 is 11.3 Å². The normalized spacial score (nSPS) is 10.9. The summed E-state index contributed by atoms with van der Waals surface area (Å²) in [5.74, 6) is 1.49. The van der Waals surface area contributed by atoms with Crippen molar-refractivity contribution in [2.75, 3.05) is 6.54 Å². The van der Waals surface area contributed by atoms with Gasteiger partial charge in [0.2, 0.25) is 5.89 Å². The molecule has 17 heavy (non-hydrogen) atoms. The minimum Gasteiger partial charge on any atom is -0.339 e. The lowest BCUT2D eigenvalue weighted by Gasteiger charge is -1.94. The number of thiophene rings is 1. The third kappa shape index (κ3) is 3.94. The number of nitrogens with zero attached hydrogens (tertiary/aromatic N) is 2. The van der Waals surface area contributed by atoms with Gasteiger partial charge in [-0.3, -0.25) is 0 Å². The van der Waals surface area contributed by atoms with Crippen molar-refractivity contribution in [2.45, 2.75) is 32.7 Å². The first-order chi connectivity index (χ1) is 8.38. The summed E-state index contributed by atoms with van der Waals surface area (Å²) >= 11 is 1.80. The molecule has 0 bridgehead atoms. The van der Waals surface area contributed by atoms with E-state index in [9.17, 15) is 0 Å². The van der Waals surface area contributed by atoms with Crippen LogP contribution in [0.2, 0.25) is 0 Å². The fraction of sp³-hybridized carbons (Fsp3) is 0.500. The summed E-state index contributed by atoms with van der Waals surface area (Å²) in [5.41, 5.74) is 0. The van der Waals surface area contributed by atoms with E-state index in [0.717, 1.165) is 37.5 Å². The smallest absolute Gasteiger partial charge is 0.226 e. The maximum atomic E-state index is 5.18. The van der Waals surface area contributed by atoms with Crippen LogP contribution >= 0.6 is 11.3 Å². The molecule has 0 aromatic carbocycles. The number of rotatable bonds is 7.